The van der Waals surface area contributed by atoms with E-state index in [0.717, 1.165) is 5.56 Å². The lowest BCUT2D eigenvalue weighted by Gasteiger charge is -2.13. The van der Waals surface area contributed by atoms with Crippen molar-refractivity contribution in [1.29, 1.82) is 0 Å². The van der Waals surface area contributed by atoms with Crippen molar-refractivity contribution in [3.05, 3.63) is 65.2 Å². The van der Waals surface area contributed by atoms with Crippen LogP contribution in [0.4, 0.5) is 5.69 Å². The minimum atomic E-state index is -0.425. The molecule has 0 aliphatic rings. The van der Waals surface area contributed by atoms with Crippen LogP contribution in [0.1, 0.15) is 21.5 Å². The lowest BCUT2D eigenvalue weighted by atomic mass is 9.97. The maximum absolute atomic E-state index is 12.5. The van der Waals surface area contributed by atoms with Gasteiger partial charge in [0.15, 0.2) is 5.78 Å². The first-order valence-corrected chi connectivity index (χ1v) is 6.31. The van der Waals surface area contributed by atoms with Crippen LogP contribution in [-0.2, 0) is 11.2 Å². The van der Waals surface area contributed by atoms with E-state index < -0.39 is 5.91 Å². The summed E-state index contributed by atoms with van der Waals surface area (Å²) in [4.78, 5) is 23.6. The summed E-state index contributed by atoms with van der Waals surface area (Å²) in [5, 5.41) is 2.99. The van der Waals surface area contributed by atoms with Crippen LogP contribution < -0.4 is 11.1 Å². The SMILES string of the molecule is CNc1c(CC(N)=O)cccc1C(=O)c1ccccc1. The van der Waals surface area contributed by atoms with Crippen molar-refractivity contribution >= 4 is 17.4 Å². The van der Waals surface area contributed by atoms with Crippen LogP contribution in [0, 0.1) is 0 Å². The second kappa shape index (κ2) is 6.02. The van der Waals surface area contributed by atoms with E-state index in [0.29, 0.717) is 16.8 Å². The smallest absolute Gasteiger partial charge is 0.221 e. The molecule has 0 aliphatic heterocycles. The lowest BCUT2D eigenvalue weighted by molar-refractivity contribution is -0.117. The van der Waals surface area contributed by atoms with E-state index in [9.17, 15) is 9.59 Å². The first kappa shape index (κ1) is 13.8. The van der Waals surface area contributed by atoms with Crippen molar-refractivity contribution in [3.8, 4) is 0 Å². The Labute approximate surface area is 117 Å². The van der Waals surface area contributed by atoms with Crippen LogP contribution in [-0.4, -0.2) is 18.7 Å². The number of anilines is 1. The Morgan fingerprint density at radius 1 is 1.05 bits per heavy atom. The summed E-state index contributed by atoms with van der Waals surface area (Å²) in [6.45, 7) is 0. The van der Waals surface area contributed by atoms with Crippen molar-refractivity contribution in [3.63, 3.8) is 0 Å². The van der Waals surface area contributed by atoms with Gasteiger partial charge in [-0.1, -0.05) is 42.5 Å². The molecule has 4 heteroatoms. The Morgan fingerprint density at radius 3 is 2.35 bits per heavy atom. The third-order valence-corrected chi connectivity index (χ3v) is 3.05. The van der Waals surface area contributed by atoms with Crippen LogP contribution in [0.3, 0.4) is 0 Å². The van der Waals surface area contributed by atoms with Gasteiger partial charge in [-0.3, -0.25) is 9.59 Å². The number of para-hydroxylation sites is 1. The fraction of sp³-hybridized carbons (Fsp3) is 0.125. The Balaban J connectivity index is 2.46. The van der Waals surface area contributed by atoms with Crippen molar-refractivity contribution in [2.45, 2.75) is 6.42 Å². The van der Waals surface area contributed by atoms with Crippen molar-refractivity contribution in [1.82, 2.24) is 0 Å². The van der Waals surface area contributed by atoms with Crippen LogP contribution >= 0.6 is 0 Å². The number of nitrogens with one attached hydrogen (secondary N) is 1. The van der Waals surface area contributed by atoms with E-state index in [4.69, 9.17) is 5.73 Å². The Hall–Kier alpha value is -2.62. The molecule has 0 unspecified atom stereocenters. The summed E-state index contributed by atoms with van der Waals surface area (Å²) in [6.07, 6.45) is 0.103. The second-order valence-corrected chi connectivity index (χ2v) is 4.43. The zero-order valence-corrected chi connectivity index (χ0v) is 11.2. The van der Waals surface area contributed by atoms with Gasteiger partial charge in [-0.05, 0) is 11.6 Å². The number of ketones is 1. The maximum Gasteiger partial charge on any atom is 0.221 e. The second-order valence-electron chi connectivity index (χ2n) is 4.43. The Kier molecular flexibility index (Phi) is 4.15. The molecule has 102 valence electrons. The molecule has 0 saturated carbocycles. The van der Waals surface area contributed by atoms with Crippen molar-refractivity contribution in [2.75, 3.05) is 12.4 Å². The summed E-state index contributed by atoms with van der Waals surface area (Å²) >= 11 is 0. The Morgan fingerprint density at radius 2 is 1.75 bits per heavy atom. The number of primary amides is 1. The normalized spacial score (nSPS) is 10.1. The highest BCUT2D eigenvalue weighted by Gasteiger charge is 2.16. The largest absolute Gasteiger partial charge is 0.387 e. The molecule has 0 heterocycles. The molecule has 1 amide bonds. The van der Waals surface area contributed by atoms with Crippen LogP contribution in [0.15, 0.2) is 48.5 Å². The monoisotopic (exact) mass is 268 g/mol. The topological polar surface area (TPSA) is 72.2 Å². The molecule has 0 fully saturated rings. The van der Waals surface area contributed by atoms with E-state index in [1.54, 1.807) is 37.4 Å². The fourth-order valence-electron chi connectivity index (χ4n) is 2.16. The van der Waals surface area contributed by atoms with Crippen molar-refractivity contribution < 1.29 is 9.59 Å². The fourth-order valence-corrected chi connectivity index (χ4v) is 2.16. The number of hydrogen-bond acceptors (Lipinski definition) is 3. The first-order chi connectivity index (χ1) is 9.63. The molecule has 0 aromatic heterocycles. The van der Waals surface area contributed by atoms with Gasteiger partial charge in [0.25, 0.3) is 0 Å². The van der Waals surface area contributed by atoms with Gasteiger partial charge in [0, 0.05) is 23.9 Å². The summed E-state index contributed by atoms with van der Waals surface area (Å²) in [5.74, 6) is -0.507. The Bertz CT molecular complexity index is 636. The molecule has 2 aromatic rings. The summed E-state index contributed by atoms with van der Waals surface area (Å²) < 4.78 is 0. The third-order valence-electron chi connectivity index (χ3n) is 3.05. The van der Waals surface area contributed by atoms with Gasteiger partial charge in [-0.15, -0.1) is 0 Å². The molecule has 0 radical (unpaired) electrons. The van der Waals surface area contributed by atoms with Crippen molar-refractivity contribution in [2.24, 2.45) is 5.73 Å². The van der Waals surface area contributed by atoms with Gasteiger partial charge in [-0.25, -0.2) is 0 Å². The molecule has 2 rings (SSSR count). The lowest BCUT2D eigenvalue weighted by Crippen LogP contribution is -2.16. The highest BCUT2D eigenvalue weighted by molar-refractivity contribution is 6.12. The average molecular weight is 268 g/mol. The minimum Gasteiger partial charge on any atom is -0.387 e. The van der Waals surface area contributed by atoms with Crippen LogP contribution in [0.2, 0.25) is 0 Å². The average Bonchev–Trinajstić information content (AvgIpc) is 2.46. The zero-order chi connectivity index (χ0) is 14.5. The third kappa shape index (κ3) is 2.85. The number of nitrogens with two attached hydrogens (primary N) is 1. The predicted molar refractivity (Wildman–Crippen MR) is 78.8 cm³/mol. The molecule has 0 aliphatic carbocycles. The molecule has 3 N–H and O–H groups in total. The number of carbonyl (C=O) groups is 2. The number of amides is 1. The summed E-state index contributed by atoms with van der Waals surface area (Å²) in [7, 11) is 1.72. The predicted octanol–water partition coefficient (Wildman–Crippen LogP) is 1.99. The molecule has 2 aromatic carbocycles. The number of rotatable bonds is 5. The van der Waals surface area contributed by atoms with E-state index in [-0.39, 0.29) is 12.2 Å². The molecule has 20 heavy (non-hydrogen) atoms. The molecule has 4 nitrogen and oxygen atoms in total. The van der Waals surface area contributed by atoms with E-state index >= 15 is 0 Å². The molecular formula is C16H16N2O2. The van der Waals surface area contributed by atoms with E-state index in [1.165, 1.54) is 0 Å². The highest BCUT2D eigenvalue weighted by atomic mass is 16.1. The minimum absolute atomic E-state index is 0.0822. The molecule has 0 spiro atoms. The zero-order valence-electron chi connectivity index (χ0n) is 11.2. The number of benzene rings is 2. The van der Waals surface area contributed by atoms with Gasteiger partial charge in [-0.2, -0.15) is 0 Å². The van der Waals surface area contributed by atoms with Crippen LogP contribution in [0.5, 0.6) is 0 Å². The molecule has 0 saturated heterocycles. The first-order valence-electron chi connectivity index (χ1n) is 6.31. The van der Waals surface area contributed by atoms with Gasteiger partial charge in [0.1, 0.15) is 0 Å². The standard InChI is InChI=1S/C16H16N2O2/c1-18-15-12(10-14(17)19)8-5-9-13(15)16(20)11-6-3-2-4-7-11/h2-9,18H,10H2,1H3,(H2,17,19). The van der Waals surface area contributed by atoms with E-state index in [1.807, 2.05) is 18.2 Å². The maximum atomic E-state index is 12.5. The number of hydrogen-bond donors (Lipinski definition) is 2. The number of carbonyl (C=O) groups excluding carboxylic acids is 2. The van der Waals surface area contributed by atoms with Crippen LogP contribution in [0.25, 0.3) is 0 Å². The molecular weight excluding hydrogens is 252 g/mol. The summed E-state index contributed by atoms with van der Waals surface area (Å²) in [5.41, 5.74) is 7.76. The van der Waals surface area contributed by atoms with Gasteiger partial charge in [0.05, 0.1) is 6.42 Å². The van der Waals surface area contributed by atoms with Gasteiger partial charge in [0.2, 0.25) is 5.91 Å². The summed E-state index contributed by atoms with van der Waals surface area (Å²) in [6, 6.07) is 14.3. The van der Waals surface area contributed by atoms with Gasteiger partial charge >= 0.3 is 0 Å². The molecule has 0 atom stereocenters. The highest BCUT2D eigenvalue weighted by Crippen LogP contribution is 2.24. The van der Waals surface area contributed by atoms with E-state index in [2.05, 4.69) is 5.32 Å². The quantitative estimate of drug-likeness (QED) is 0.814. The van der Waals surface area contributed by atoms with Gasteiger partial charge < -0.3 is 11.1 Å². The molecule has 0 bridgehead atoms.